The molecule has 188 valence electrons. The minimum atomic E-state index is -0.425. The normalized spacial score (nSPS) is 14.3. The van der Waals surface area contributed by atoms with E-state index in [0.717, 1.165) is 34.6 Å². The zero-order valence-corrected chi connectivity index (χ0v) is 20.5. The largest absolute Gasteiger partial charge is 0.508 e. The highest BCUT2D eigenvalue weighted by Crippen LogP contribution is 2.26. The number of aliphatic hydroxyl groups excluding tert-OH is 1. The fourth-order valence-electron chi connectivity index (χ4n) is 4.46. The zero-order valence-electron chi connectivity index (χ0n) is 20.5. The molecule has 1 aliphatic heterocycles. The Morgan fingerprint density at radius 3 is 2.41 bits per heavy atom. The summed E-state index contributed by atoms with van der Waals surface area (Å²) in [7, 11) is 0. The third kappa shape index (κ3) is 5.78. The van der Waals surface area contributed by atoms with Crippen LogP contribution in [-0.4, -0.2) is 40.4 Å². The maximum Gasteiger partial charge on any atom is 0.359 e. The van der Waals surface area contributed by atoms with Gasteiger partial charge < -0.3 is 14.9 Å². The number of unbranched alkanes of at least 4 members (excludes halogenated alkanes) is 1. The van der Waals surface area contributed by atoms with Crippen LogP contribution >= 0.6 is 0 Å². The summed E-state index contributed by atoms with van der Waals surface area (Å²) >= 11 is 0. The summed E-state index contributed by atoms with van der Waals surface area (Å²) in [5.41, 5.74) is 4.47. The molecule has 1 aromatic heterocycles. The van der Waals surface area contributed by atoms with E-state index in [1.807, 2.05) is 54.6 Å². The monoisotopic (exact) mass is 496 g/mol. The highest BCUT2D eigenvalue weighted by molar-refractivity contribution is 5.82. The lowest BCUT2D eigenvalue weighted by molar-refractivity contribution is -0.552. The number of aliphatic hydroxyl groups is 1. The Bertz CT molecular complexity index is 1360. The van der Waals surface area contributed by atoms with Gasteiger partial charge in [0.05, 0.1) is 6.61 Å². The van der Waals surface area contributed by atoms with E-state index in [0.29, 0.717) is 37.4 Å². The number of phenols is 1. The Balaban J connectivity index is 1.43. The van der Waals surface area contributed by atoms with Gasteiger partial charge in [0.2, 0.25) is 0 Å². The lowest BCUT2D eigenvalue weighted by Gasteiger charge is -2.09. The van der Waals surface area contributed by atoms with Crippen LogP contribution in [0.3, 0.4) is 0 Å². The van der Waals surface area contributed by atoms with Gasteiger partial charge in [-0.05, 0) is 60.4 Å². The summed E-state index contributed by atoms with van der Waals surface area (Å²) < 4.78 is 7.44. The van der Waals surface area contributed by atoms with Crippen LogP contribution < -0.4 is 14.6 Å². The van der Waals surface area contributed by atoms with Gasteiger partial charge in [-0.3, -0.25) is 5.32 Å². The van der Waals surface area contributed by atoms with Crippen LogP contribution in [0.1, 0.15) is 34.5 Å². The number of nitrogens with one attached hydrogen (secondary N) is 1. The zero-order chi connectivity index (χ0) is 25.6. The summed E-state index contributed by atoms with van der Waals surface area (Å²) in [6.45, 7) is 0.718. The van der Waals surface area contributed by atoms with Crippen LogP contribution in [-0.2, 0) is 12.8 Å². The molecule has 1 aliphatic rings. The number of anilines is 1. The van der Waals surface area contributed by atoms with Gasteiger partial charge >= 0.3 is 11.7 Å². The molecule has 0 bridgehead atoms. The number of hydrogen-bond donors (Lipinski definition) is 3. The summed E-state index contributed by atoms with van der Waals surface area (Å²) in [6.07, 6.45) is 4.40. The Hall–Kier alpha value is -4.23. The van der Waals surface area contributed by atoms with Crippen LogP contribution in [0.5, 0.6) is 11.5 Å². The third-order valence-electron chi connectivity index (χ3n) is 6.43. The Kier molecular flexibility index (Phi) is 7.42. The number of phenolic OH excluding ortho intramolecular Hbond substituents is 1. The number of fused-ring (bicyclic) bond motifs is 1. The molecule has 7 nitrogen and oxygen atoms in total. The van der Waals surface area contributed by atoms with E-state index in [2.05, 4.69) is 17.4 Å². The molecule has 0 amide bonds. The number of benzene rings is 3. The summed E-state index contributed by atoms with van der Waals surface area (Å²) in [4.78, 5) is 18.4. The molecule has 1 unspecified atom stereocenters. The molecular formula is C30H30N3O4+. The molecule has 0 spiro atoms. The lowest BCUT2D eigenvalue weighted by Crippen LogP contribution is -2.44. The summed E-state index contributed by atoms with van der Waals surface area (Å²) in [5.74, 6) is 1.63. The fraction of sp³-hybridized carbons (Fsp3) is 0.233. The molecule has 0 radical (unpaired) electrons. The first kappa shape index (κ1) is 24.5. The van der Waals surface area contributed by atoms with Crippen molar-refractivity contribution in [3.63, 3.8) is 0 Å². The second kappa shape index (κ2) is 11.2. The quantitative estimate of drug-likeness (QED) is 0.225. The van der Waals surface area contributed by atoms with Crippen LogP contribution in [0.15, 0.2) is 85.1 Å². The summed E-state index contributed by atoms with van der Waals surface area (Å²) in [6, 6.07) is 24.3. The fourth-order valence-corrected chi connectivity index (χ4v) is 4.46. The predicted molar refractivity (Wildman–Crippen MR) is 141 cm³/mol. The molecule has 5 rings (SSSR count). The second-order valence-electron chi connectivity index (χ2n) is 9.16. The van der Waals surface area contributed by atoms with Crippen molar-refractivity contribution in [1.82, 2.24) is 4.98 Å². The first-order valence-corrected chi connectivity index (χ1v) is 12.5. The van der Waals surface area contributed by atoms with Crippen molar-refractivity contribution >= 4 is 11.7 Å². The smallest absolute Gasteiger partial charge is 0.359 e. The van der Waals surface area contributed by atoms with Crippen LogP contribution in [0, 0.1) is 0 Å². The highest BCUT2D eigenvalue weighted by Gasteiger charge is 2.41. The molecule has 3 N–H and O–H groups in total. The van der Waals surface area contributed by atoms with Gasteiger partial charge in [-0.1, -0.05) is 42.5 Å². The minimum absolute atomic E-state index is 0.0372. The average Bonchev–Trinajstić information content (AvgIpc) is 3.24. The van der Waals surface area contributed by atoms with Gasteiger partial charge in [-0.25, -0.2) is 9.78 Å². The Morgan fingerprint density at radius 2 is 1.68 bits per heavy atom. The van der Waals surface area contributed by atoms with Crippen LogP contribution in [0.2, 0.25) is 0 Å². The van der Waals surface area contributed by atoms with E-state index in [4.69, 9.17) is 14.8 Å². The number of ether oxygens (including phenoxy) is 1. The van der Waals surface area contributed by atoms with Gasteiger partial charge in [0, 0.05) is 25.0 Å². The first-order valence-electron chi connectivity index (χ1n) is 12.5. The van der Waals surface area contributed by atoms with Crippen LogP contribution in [0.4, 0.5) is 5.82 Å². The molecule has 4 aromatic rings. The molecule has 1 atom stereocenters. The second-order valence-corrected chi connectivity index (χ2v) is 9.16. The van der Waals surface area contributed by atoms with Crippen molar-refractivity contribution < 1.29 is 24.3 Å². The third-order valence-corrected chi connectivity index (χ3v) is 6.43. The van der Waals surface area contributed by atoms with E-state index >= 15 is 0 Å². The molecule has 37 heavy (non-hydrogen) atoms. The molecule has 0 aliphatic carbocycles. The highest BCUT2D eigenvalue weighted by atomic mass is 16.5. The molecule has 7 heteroatoms. The molecule has 0 saturated heterocycles. The number of carbonyl (C=O) groups excluding carboxylic acids is 1. The van der Waals surface area contributed by atoms with Gasteiger partial charge in [0.15, 0.2) is 6.04 Å². The van der Waals surface area contributed by atoms with Crippen molar-refractivity contribution in [2.75, 3.05) is 18.5 Å². The topological polar surface area (TPSA) is 95.6 Å². The number of nitrogens with zero attached hydrogens (tertiary/aromatic N) is 2. The molecule has 2 heterocycles. The van der Waals surface area contributed by atoms with Crippen molar-refractivity contribution in [1.29, 1.82) is 0 Å². The SMILES string of the molecule is O=C1C(Cc2ccc(O)cc2)Nc2c(Cc3ccccc3)nc(-c3ccc(OCCCCO)cc3)c[n+]21. The maximum absolute atomic E-state index is 13.5. The van der Waals surface area contributed by atoms with E-state index in [-0.39, 0.29) is 18.3 Å². The van der Waals surface area contributed by atoms with E-state index < -0.39 is 6.04 Å². The number of hydrogen-bond acceptors (Lipinski definition) is 6. The predicted octanol–water partition coefficient (Wildman–Crippen LogP) is 4.16. The summed E-state index contributed by atoms with van der Waals surface area (Å²) in [5, 5.41) is 21.9. The van der Waals surface area contributed by atoms with E-state index in [1.54, 1.807) is 22.9 Å². The number of aromatic hydroxyl groups is 1. The number of aromatic nitrogens is 2. The molecule has 0 fully saturated rings. The van der Waals surface area contributed by atoms with Gasteiger partial charge in [-0.15, -0.1) is 0 Å². The molecule has 3 aromatic carbocycles. The van der Waals surface area contributed by atoms with Crippen molar-refractivity contribution in [2.24, 2.45) is 0 Å². The van der Waals surface area contributed by atoms with Gasteiger partial charge in [0.25, 0.3) is 0 Å². The standard InChI is InChI=1S/C30H29N3O4/c34-16-4-5-17-37-25-14-10-23(11-15-25)28-20-33-29(26(31-28)18-21-6-2-1-3-7-21)32-27(30(33)36)19-22-8-12-24(35)13-9-22/h1-3,6-15,20,27,34-35H,4-5,16-19H2/p+1. The first-order chi connectivity index (χ1) is 18.1. The van der Waals surface area contributed by atoms with Gasteiger partial charge in [0.1, 0.15) is 29.1 Å². The average molecular weight is 497 g/mol. The van der Waals surface area contributed by atoms with Gasteiger partial charge in [-0.2, -0.15) is 4.57 Å². The van der Waals surface area contributed by atoms with E-state index in [9.17, 15) is 9.90 Å². The molecule has 0 saturated carbocycles. The van der Waals surface area contributed by atoms with Crippen molar-refractivity contribution in [3.8, 4) is 22.8 Å². The lowest BCUT2D eigenvalue weighted by atomic mass is 10.1. The molecular weight excluding hydrogens is 466 g/mol. The van der Waals surface area contributed by atoms with Crippen molar-refractivity contribution in [2.45, 2.75) is 31.7 Å². The van der Waals surface area contributed by atoms with E-state index in [1.165, 1.54) is 0 Å². The Morgan fingerprint density at radius 1 is 0.919 bits per heavy atom. The Labute approximate surface area is 216 Å². The maximum atomic E-state index is 13.5. The number of rotatable bonds is 10. The van der Waals surface area contributed by atoms with Crippen LogP contribution in [0.25, 0.3) is 11.3 Å². The minimum Gasteiger partial charge on any atom is -0.508 e. The number of carbonyl (C=O) groups is 1. The van der Waals surface area contributed by atoms with Crippen molar-refractivity contribution in [3.05, 3.63) is 102 Å².